The van der Waals surface area contributed by atoms with Gasteiger partial charge in [0.25, 0.3) is 0 Å². The third-order valence-electron chi connectivity index (χ3n) is 5.40. The minimum Gasteiger partial charge on any atom is -0.307 e. The van der Waals surface area contributed by atoms with E-state index in [2.05, 4.69) is 29.4 Å². The molecule has 104 valence electrons. The molecule has 0 aliphatic heterocycles. The molecule has 0 saturated heterocycles. The Labute approximate surface area is 117 Å². The Kier molecular flexibility index (Phi) is 3.88. The van der Waals surface area contributed by atoms with Crippen LogP contribution in [-0.2, 0) is 0 Å². The van der Waals surface area contributed by atoms with Crippen LogP contribution in [-0.4, -0.2) is 11.0 Å². The van der Waals surface area contributed by atoms with E-state index in [1.165, 1.54) is 56.9 Å². The lowest BCUT2D eigenvalue weighted by Crippen LogP contribution is -2.37. The van der Waals surface area contributed by atoms with Crippen LogP contribution in [0.5, 0.6) is 0 Å². The second-order valence-electron chi connectivity index (χ2n) is 6.65. The first-order chi connectivity index (χ1) is 9.27. The first-order valence-corrected chi connectivity index (χ1v) is 7.93. The molecule has 2 aliphatic carbocycles. The Bertz CT molecular complexity index is 385. The van der Waals surface area contributed by atoms with Gasteiger partial charge in [-0.25, -0.2) is 0 Å². The Balaban J connectivity index is 1.52. The Morgan fingerprint density at radius 1 is 1.11 bits per heavy atom. The van der Waals surface area contributed by atoms with Gasteiger partial charge in [0, 0.05) is 24.5 Å². The molecule has 2 heteroatoms. The van der Waals surface area contributed by atoms with Gasteiger partial charge in [-0.3, -0.25) is 4.98 Å². The van der Waals surface area contributed by atoms with Gasteiger partial charge >= 0.3 is 0 Å². The van der Waals surface area contributed by atoms with Crippen molar-refractivity contribution >= 4 is 0 Å². The topological polar surface area (TPSA) is 24.9 Å². The molecule has 2 fully saturated rings. The SMILES string of the molecule is CC(NC1CCC2(CCCC2)CC1)c1ccncc1. The van der Waals surface area contributed by atoms with Crippen LogP contribution in [0.25, 0.3) is 0 Å². The van der Waals surface area contributed by atoms with Crippen LogP contribution < -0.4 is 5.32 Å². The fraction of sp³-hybridized carbons (Fsp3) is 0.706. The molecule has 1 unspecified atom stereocenters. The highest BCUT2D eigenvalue weighted by molar-refractivity contribution is 5.14. The molecule has 0 bridgehead atoms. The fourth-order valence-corrected chi connectivity index (χ4v) is 4.12. The molecule has 1 aromatic heterocycles. The molecule has 2 aliphatic rings. The fourth-order valence-electron chi connectivity index (χ4n) is 4.12. The second-order valence-corrected chi connectivity index (χ2v) is 6.65. The van der Waals surface area contributed by atoms with E-state index in [1.807, 2.05) is 12.4 Å². The van der Waals surface area contributed by atoms with Crippen LogP contribution in [0.2, 0.25) is 0 Å². The van der Waals surface area contributed by atoms with E-state index in [0.717, 1.165) is 11.5 Å². The molecule has 1 heterocycles. The monoisotopic (exact) mass is 258 g/mol. The molecule has 1 aromatic rings. The van der Waals surface area contributed by atoms with Gasteiger partial charge in [-0.1, -0.05) is 12.8 Å². The Morgan fingerprint density at radius 2 is 1.74 bits per heavy atom. The summed E-state index contributed by atoms with van der Waals surface area (Å²) in [5.74, 6) is 0. The zero-order chi connectivity index (χ0) is 13.1. The van der Waals surface area contributed by atoms with Gasteiger partial charge in [0.2, 0.25) is 0 Å². The maximum absolute atomic E-state index is 4.09. The van der Waals surface area contributed by atoms with Crippen LogP contribution in [0.1, 0.15) is 69.9 Å². The number of rotatable bonds is 3. The minimum absolute atomic E-state index is 0.450. The van der Waals surface area contributed by atoms with Gasteiger partial charge in [0.05, 0.1) is 0 Å². The van der Waals surface area contributed by atoms with Crippen LogP contribution in [0.15, 0.2) is 24.5 Å². The van der Waals surface area contributed by atoms with Gasteiger partial charge in [-0.2, -0.15) is 0 Å². The Hall–Kier alpha value is -0.890. The van der Waals surface area contributed by atoms with Crippen molar-refractivity contribution in [1.82, 2.24) is 10.3 Å². The second kappa shape index (κ2) is 5.62. The van der Waals surface area contributed by atoms with E-state index < -0.39 is 0 Å². The molecule has 19 heavy (non-hydrogen) atoms. The summed E-state index contributed by atoms with van der Waals surface area (Å²) >= 11 is 0. The lowest BCUT2D eigenvalue weighted by molar-refractivity contribution is 0.164. The smallest absolute Gasteiger partial charge is 0.0295 e. The summed E-state index contributed by atoms with van der Waals surface area (Å²) in [7, 11) is 0. The quantitative estimate of drug-likeness (QED) is 0.877. The van der Waals surface area contributed by atoms with Gasteiger partial charge in [0.1, 0.15) is 0 Å². The standard InChI is InChI=1S/C17H26N2/c1-14(15-6-12-18-13-7-15)19-16-4-10-17(11-5-16)8-2-3-9-17/h6-7,12-14,16,19H,2-5,8-11H2,1H3. The van der Waals surface area contributed by atoms with Crippen LogP contribution >= 0.6 is 0 Å². The zero-order valence-corrected chi connectivity index (χ0v) is 12.1. The van der Waals surface area contributed by atoms with Crippen LogP contribution in [0.4, 0.5) is 0 Å². The first kappa shape index (κ1) is 13.1. The Morgan fingerprint density at radius 3 is 2.37 bits per heavy atom. The molecule has 1 N–H and O–H groups in total. The number of nitrogens with one attached hydrogen (secondary N) is 1. The molecule has 0 aromatic carbocycles. The largest absolute Gasteiger partial charge is 0.307 e. The third-order valence-corrected chi connectivity index (χ3v) is 5.40. The van der Waals surface area contributed by atoms with E-state index in [0.29, 0.717) is 6.04 Å². The van der Waals surface area contributed by atoms with E-state index in [9.17, 15) is 0 Å². The molecule has 1 atom stereocenters. The van der Waals surface area contributed by atoms with Gasteiger partial charge in [0.15, 0.2) is 0 Å². The average molecular weight is 258 g/mol. The number of aromatic nitrogens is 1. The maximum atomic E-state index is 4.09. The van der Waals surface area contributed by atoms with E-state index in [4.69, 9.17) is 0 Å². The van der Waals surface area contributed by atoms with Crippen LogP contribution in [0.3, 0.4) is 0 Å². The van der Waals surface area contributed by atoms with Crippen molar-refractivity contribution < 1.29 is 0 Å². The normalized spacial score (nSPS) is 24.7. The lowest BCUT2D eigenvalue weighted by atomic mass is 9.71. The molecule has 1 spiro atoms. The van der Waals surface area contributed by atoms with Gasteiger partial charge in [-0.05, 0) is 68.6 Å². The van der Waals surface area contributed by atoms with Crippen molar-refractivity contribution in [2.24, 2.45) is 5.41 Å². The zero-order valence-electron chi connectivity index (χ0n) is 12.1. The first-order valence-electron chi connectivity index (χ1n) is 7.93. The predicted octanol–water partition coefficient (Wildman–Crippen LogP) is 4.24. The number of pyridine rings is 1. The summed E-state index contributed by atoms with van der Waals surface area (Å²) in [5, 5.41) is 3.81. The highest BCUT2D eigenvalue weighted by atomic mass is 14.9. The van der Waals surface area contributed by atoms with Crippen molar-refractivity contribution in [3.63, 3.8) is 0 Å². The maximum Gasteiger partial charge on any atom is 0.0295 e. The molecule has 0 radical (unpaired) electrons. The minimum atomic E-state index is 0.450. The summed E-state index contributed by atoms with van der Waals surface area (Å²) in [6.07, 6.45) is 15.4. The summed E-state index contributed by atoms with van der Waals surface area (Å²) in [6.45, 7) is 2.27. The molecule has 2 saturated carbocycles. The van der Waals surface area contributed by atoms with Gasteiger partial charge in [-0.15, -0.1) is 0 Å². The summed E-state index contributed by atoms with van der Waals surface area (Å²) in [6, 6.07) is 5.41. The summed E-state index contributed by atoms with van der Waals surface area (Å²) in [4.78, 5) is 4.09. The number of hydrogen-bond donors (Lipinski definition) is 1. The highest BCUT2D eigenvalue weighted by Crippen LogP contribution is 2.49. The average Bonchev–Trinajstić information content (AvgIpc) is 2.91. The van der Waals surface area contributed by atoms with E-state index in [-0.39, 0.29) is 0 Å². The van der Waals surface area contributed by atoms with Crippen molar-refractivity contribution in [2.75, 3.05) is 0 Å². The number of hydrogen-bond acceptors (Lipinski definition) is 2. The van der Waals surface area contributed by atoms with Crippen LogP contribution in [0, 0.1) is 5.41 Å². The van der Waals surface area contributed by atoms with E-state index >= 15 is 0 Å². The molecule has 2 nitrogen and oxygen atoms in total. The van der Waals surface area contributed by atoms with Gasteiger partial charge < -0.3 is 5.32 Å². The molecular weight excluding hydrogens is 232 g/mol. The van der Waals surface area contributed by atoms with Crippen molar-refractivity contribution in [1.29, 1.82) is 0 Å². The predicted molar refractivity (Wildman–Crippen MR) is 78.9 cm³/mol. The molecular formula is C17H26N2. The van der Waals surface area contributed by atoms with Crippen molar-refractivity contribution in [3.05, 3.63) is 30.1 Å². The third kappa shape index (κ3) is 3.00. The number of nitrogens with zero attached hydrogens (tertiary/aromatic N) is 1. The van der Waals surface area contributed by atoms with Crippen molar-refractivity contribution in [3.8, 4) is 0 Å². The lowest BCUT2D eigenvalue weighted by Gasteiger charge is -2.38. The summed E-state index contributed by atoms with van der Waals surface area (Å²) < 4.78 is 0. The van der Waals surface area contributed by atoms with E-state index in [1.54, 1.807) is 0 Å². The molecule has 0 amide bonds. The van der Waals surface area contributed by atoms with Crippen molar-refractivity contribution in [2.45, 2.75) is 70.4 Å². The summed E-state index contributed by atoms with van der Waals surface area (Å²) in [5.41, 5.74) is 2.11. The molecule has 3 rings (SSSR count). The highest BCUT2D eigenvalue weighted by Gasteiger charge is 2.37.